The van der Waals surface area contributed by atoms with Crippen molar-refractivity contribution in [1.82, 2.24) is 19.9 Å². The van der Waals surface area contributed by atoms with Crippen molar-refractivity contribution in [3.63, 3.8) is 0 Å². The Morgan fingerprint density at radius 2 is 2.03 bits per heavy atom. The van der Waals surface area contributed by atoms with Gasteiger partial charge in [0.15, 0.2) is 0 Å². The SMILES string of the molecule is CCC[C@H](NC(=O)OC(C)(C)C)c1nc2cccc(Cl)c2c(=O)n1-c1ccc(N)nc1. The number of ether oxygens (including phenoxy) is 1. The van der Waals surface area contributed by atoms with Crippen LogP contribution in [0.1, 0.15) is 52.4 Å². The minimum atomic E-state index is -0.661. The smallest absolute Gasteiger partial charge is 0.408 e. The van der Waals surface area contributed by atoms with Crippen molar-refractivity contribution in [2.24, 2.45) is 0 Å². The van der Waals surface area contributed by atoms with Crippen molar-refractivity contribution in [1.29, 1.82) is 0 Å². The van der Waals surface area contributed by atoms with Gasteiger partial charge in [0.1, 0.15) is 17.2 Å². The van der Waals surface area contributed by atoms with Crippen LogP contribution < -0.4 is 16.6 Å². The van der Waals surface area contributed by atoms with E-state index in [1.54, 1.807) is 51.1 Å². The molecule has 0 fully saturated rings. The van der Waals surface area contributed by atoms with Gasteiger partial charge in [0, 0.05) is 0 Å². The summed E-state index contributed by atoms with van der Waals surface area (Å²) in [6.07, 6.45) is 2.18. The summed E-state index contributed by atoms with van der Waals surface area (Å²) in [6, 6.07) is 7.78. The molecule has 9 heteroatoms. The number of alkyl carbamates (subject to hydrolysis) is 1. The van der Waals surface area contributed by atoms with Gasteiger partial charge in [-0.1, -0.05) is 31.0 Å². The molecule has 3 N–H and O–H groups in total. The first-order valence-corrected chi connectivity index (χ1v) is 10.4. The second-order valence-electron chi connectivity index (χ2n) is 8.17. The number of hydrogen-bond donors (Lipinski definition) is 2. The van der Waals surface area contributed by atoms with Gasteiger partial charge in [-0.25, -0.2) is 14.8 Å². The van der Waals surface area contributed by atoms with Crippen molar-refractivity contribution in [3.05, 3.63) is 57.7 Å². The molecule has 0 bridgehead atoms. The monoisotopic (exact) mass is 443 g/mol. The number of rotatable bonds is 5. The number of nitrogens with two attached hydrogens (primary N) is 1. The van der Waals surface area contributed by atoms with Crippen molar-refractivity contribution in [2.45, 2.75) is 52.2 Å². The first-order chi connectivity index (χ1) is 14.6. The molecule has 2 aromatic heterocycles. The highest BCUT2D eigenvalue weighted by atomic mass is 35.5. The molecule has 1 aromatic carbocycles. The second-order valence-corrected chi connectivity index (χ2v) is 8.58. The van der Waals surface area contributed by atoms with Crippen LogP contribution in [0.2, 0.25) is 5.02 Å². The predicted molar refractivity (Wildman–Crippen MR) is 122 cm³/mol. The van der Waals surface area contributed by atoms with E-state index in [9.17, 15) is 9.59 Å². The molecule has 0 aliphatic rings. The van der Waals surface area contributed by atoms with Crippen LogP contribution in [-0.2, 0) is 4.74 Å². The maximum Gasteiger partial charge on any atom is 0.408 e. The van der Waals surface area contributed by atoms with E-state index >= 15 is 0 Å². The number of aromatic nitrogens is 3. The molecule has 3 rings (SSSR count). The lowest BCUT2D eigenvalue weighted by molar-refractivity contribution is 0.0497. The minimum absolute atomic E-state index is 0.289. The van der Waals surface area contributed by atoms with E-state index in [2.05, 4.69) is 10.3 Å². The summed E-state index contributed by atoms with van der Waals surface area (Å²) in [4.78, 5) is 34.8. The zero-order chi connectivity index (χ0) is 22.8. The quantitative estimate of drug-likeness (QED) is 0.605. The van der Waals surface area contributed by atoms with Gasteiger partial charge < -0.3 is 15.8 Å². The lowest BCUT2D eigenvalue weighted by Crippen LogP contribution is -2.38. The zero-order valence-corrected chi connectivity index (χ0v) is 18.7. The summed E-state index contributed by atoms with van der Waals surface area (Å²) >= 11 is 6.32. The van der Waals surface area contributed by atoms with Gasteiger partial charge in [-0.2, -0.15) is 0 Å². The van der Waals surface area contributed by atoms with E-state index in [0.717, 1.165) is 6.42 Å². The third-order valence-electron chi connectivity index (χ3n) is 4.48. The van der Waals surface area contributed by atoms with E-state index in [0.29, 0.717) is 34.3 Å². The molecule has 0 saturated carbocycles. The fourth-order valence-electron chi connectivity index (χ4n) is 3.22. The Balaban J connectivity index is 2.22. The molecule has 0 unspecified atom stereocenters. The number of hydrogen-bond acceptors (Lipinski definition) is 6. The summed E-state index contributed by atoms with van der Waals surface area (Å²) in [6.45, 7) is 7.34. The van der Waals surface area contributed by atoms with Crippen LogP contribution in [0.5, 0.6) is 0 Å². The number of pyridine rings is 1. The van der Waals surface area contributed by atoms with E-state index < -0.39 is 17.7 Å². The number of carbonyl (C=O) groups excluding carboxylic acids is 1. The van der Waals surface area contributed by atoms with E-state index in [1.807, 2.05) is 6.92 Å². The second kappa shape index (κ2) is 8.93. The highest BCUT2D eigenvalue weighted by Crippen LogP contribution is 2.25. The average molecular weight is 444 g/mol. The van der Waals surface area contributed by atoms with Crippen molar-refractivity contribution < 1.29 is 9.53 Å². The van der Waals surface area contributed by atoms with Gasteiger partial charge in [0.05, 0.1) is 33.9 Å². The Morgan fingerprint density at radius 3 is 2.65 bits per heavy atom. The van der Waals surface area contributed by atoms with Gasteiger partial charge in [0.2, 0.25) is 0 Å². The number of nitrogen functional groups attached to an aromatic ring is 1. The van der Waals surface area contributed by atoms with Crippen molar-refractivity contribution in [3.8, 4) is 5.69 Å². The van der Waals surface area contributed by atoms with E-state index in [1.165, 1.54) is 10.8 Å². The number of anilines is 1. The lowest BCUT2D eigenvalue weighted by Gasteiger charge is -2.25. The van der Waals surface area contributed by atoms with Crippen molar-refractivity contribution >= 4 is 34.4 Å². The van der Waals surface area contributed by atoms with E-state index in [-0.39, 0.29) is 10.9 Å². The largest absolute Gasteiger partial charge is 0.444 e. The number of fused-ring (bicyclic) bond motifs is 1. The zero-order valence-electron chi connectivity index (χ0n) is 18.0. The molecule has 0 aliphatic heterocycles. The maximum absolute atomic E-state index is 13.5. The molecule has 2 heterocycles. The molecule has 3 aromatic rings. The average Bonchev–Trinajstić information content (AvgIpc) is 2.67. The number of amides is 1. The molecule has 1 atom stereocenters. The van der Waals surface area contributed by atoms with Gasteiger partial charge >= 0.3 is 6.09 Å². The molecular weight excluding hydrogens is 418 g/mol. The molecule has 8 nitrogen and oxygen atoms in total. The van der Waals surface area contributed by atoms with Gasteiger partial charge in [-0.05, 0) is 51.5 Å². The first-order valence-electron chi connectivity index (χ1n) is 10.0. The highest BCUT2D eigenvalue weighted by molar-refractivity contribution is 6.35. The molecule has 1 amide bonds. The first kappa shape index (κ1) is 22.6. The molecule has 0 aliphatic carbocycles. The number of halogens is 1. The Kier molecular flexibility index (Phi) is 6.50. The predicted octanol–water partition coefficient (Wildman–Crippen LogP) is 4.38. The van der Waals surface area contributed by atoms with Gasteiger partial charge in [-0.3, -0.25) is 9.36 Å². The molecule has 31 heavy (non-hydrogen) atoms. The van der Waals surface area contributed by atoms with Crippen molar-refractivity contribution in [2.75, 3.05) is 5.73 Å². The number of nitrogens with one attached hydrogen (secondary N) is 1. The summed E-state index contributed by atoms with van der Waals surface area (Å²) in [5.74, 6) is 0.682. The van der Waals surface area contributed by atoms with Crippen LogP contribution in [0.4, 0.5) is 10.6 Å². The normalized spacial score (nSPS) is 12.5. The van der Waals surface area contributed by atoms with Crippen LogP contribution in [0.25, 0.3) is 16.6 Å². The van der Waals surface area contributed by atoms with Crippen LogP contribution in [-0.4, -0.2) is 26.2 Å². The third-order valence-corrected chi connectivity index (χ3v) is 4.80. The van der Waals surface area contributed by atoms with Gasteiger partial charge in [0.25, 0.3) is 5.56 Å². The Hall–Kier alpha value is -3.13. The molecule has 0 saturated heterocycles. The number of benzene rings is 1. The highest BCUT2D eigenvalue weighted by Gasteiger charge is 2.25. The topological polar surface area (TPSA) is 112 Å². The molecule has 0 radical (unpaired) electrons. The van der Waals surface area contributed by atoms with Crippen LogP contribution in [0.15, 0.2) is 41.3 Å². The molecule has 0 spiro atoms. The lowest BCUT2D eigenvalue weighted by atomic mass is 10.1. The van der Waals surface area contributed by atoms with Gasteiger partial charge in [-0.15, -0.1) is 0 Å². The fourth-order valence-corrected chi connectivity index (χ4v) is 3.47. The van der Waals surface area contributed by atoms with E-state index in [4.69, 9.17) is 27.1 Å². The summed E-state index contributed by atoms with van der Waals surface area (Å²) in [7, 11) is 0. The molecular formula is C22H26ClN5O3. The summed E-state index contributed by atoms with van der Waals surface area (Å²) in [5, 5.41) is 3.44. The molecule has 164 valence electrons. The number of carbonyl (C=O) groups is 1. The third kappa shape index (κ3) is 5.14. The summed E-state index contributed by atoms with van der Waals surface area (Å²) < 4.78 is 6.83. The minimum Gasteiger partial charge on any atom is -0.444 e. The number of nitrogens with zero attached hydrogens (tertiary/aromatic N) is 3. The van der Waals surface area contributed by atoms with Crippen LogP contribution >= 0.6 is 11.6 Å². The maximum atomic E-state index is 13.5. The fraction of sp³-hybridized carbons (Fsp3) is 0.364. The Bertz CT molecular complexity index is 1150. The van der Waals surface area contributed by atoms with Crippen LogP contribution in [0.3, 0.4) is 0 Å². The van der Waals surface area contributed by atoms with Crippen LogP contribution in [0, 0.1) is 0 Å². The summed E-state index contributed by atoms with van der Waals surface area (Å²) in [5.41, 5.74) is 5.61. The Labute approximate surface area is 185 Å². The Morgan fingerprint density at radius 1 is 1.29 bits per heavy atom. The standard InChI is InChI=1S/C22H26ClN5O3/c1-5-7-16(27-21(30)31-22(2,3)4)19-26-15-9-6-8-14(23)18(15)20(29)28(19)13-10-11-17(24)25-12-13/h6,8-12,16H,5,7H2,1-4H3,(H2,24,25)(H,27,30)/t16-/m0/s1.